The van der Waals surface area contributed by atoms with Crippen LogP contribution >= 0.6 is 0 Å². The van der Waals surface area contributed by atoms with Crippen LogP contribution in [0.3, 0.4) is 0 Å². The molecule has 0 spiro atoms. The Morgan fingerprint density at radius 2 is 1.20 bits per heavy atom. The molecule has 5 rings (SSSR count). The number of aryl methyl sites for hydroxylation is 1. The minimum Gasteiger partial charge on any atom is -0.378 e. The third kappa shape index (κ3) is 4.04. The van der Waals surface area contributed by atoms with Crippen molar-refractivity contribution >= 4 is 42.4 Å². The van der Waals surface area contributed by atoms with E-state index in [-0.39, 0.29) is 15.7 Å². The standard InChI is InChI=1S/C31H32O3S/c1-19-8-13-24(14-9-19)35(32,33)34-29-25-15-12-21-17-23(30(2,3)4)16-20-10-11-22(28(25)27(20)21)18-26(29)31(5,6)7/h8-18H,1-7H3. The molecule has 0 aromatic heterocycles. The first-order valence-electron chi connectivity index (χ1n) is 12.0. The van der Waals surface area contributed by atoms with Gasteiger partial charge in [-0.15, -0.1) is 0 Å². The number of hydrogen-bond donors (Lipinski definition) is 0. The van der Waals surface area contributed by atoms with Gasteiger partial charge in [-0.25, -0.2) is 0 Å². The van der Waals surface area contributed by atoms with E-state index in [0.29, 0.717) is 5.75 Å². The summed E-state index contributed by atoms with van der Waals surface area (Å²) in [5, 5.41) is 6.41. The molecule has 0 unspecified atom stereocenters. The van der Waals surface area contributed by atoms with Gasteiger partial charge in [0.25, 0.3) is 0 Å². The molecular formula is C31H32O3S. The highest BCUT2D eigenvalue weighted by Crippen LogP contribution is 2.45. The van der Waals surface area contributed by atoms with Crippen LogP contribution in [-0.2, 0) is 20.9 Å². The van der Waals surface area contributed by atoms with Crippen LogP contribution in [0.25, 0.3) is 32.3 Å². The Morgan fingerprint density at radius 3 is 1.74 bits per heavy atom. The van der Waals surface area contributed by atoms with Crippen molar-refractivity contribution in [1.29, 1.82) is 0 Å². The maximum absolute atomic E-state index is 13.4. The van der Waals surface area contributed by atoms with Crippen LogP contribution < -0.4 is 4.18 Å². The van der Waals surface area contributed by atoms with Crippen LogP contribution in [0.2, 0.25) is 0 Å². The Hall–Kier alpha value is -3.11. The molecule has 3 nitrogen and oxygen atoms in total. The molecule has 0 radical (unpaired) electrons. The predicted octanol–water partition coefficient (Wildman–Crippen LogP) is 8.26. The molecule has 5 aromatic carbocycles. The van der Waals surface area contributed by atoms with Crippen molar-refractivity contribution in [3.05, 3.63) is 83.4 Å². The molecule has 180 valence electrons. The average molecular weight is 485 g/mol. The Labute approximate surface area is 208 Å². The second kappa shape index (κ2) is 7.69. The number of rotatable bonds is 3. The van der Waals surface area contributed by atoms with Gasteiger partial charge in [0.2, 0.25) is 0 Å². The van der Waals surface area contributed by atoms with Crippen LogP contribution in [0.5, 0.6) is 5.75 Å². The fourth-order valence-corrected chi connectivity index (χ4v) is 5.78. The molecule has 35 heavy (non-hydrogen) atoms. The van der Waals surface area contributed by atoms with Gasteiger partial charge in [0, 0.05) is 16.3 Å². The third-order valence-corrected chi connectivity index (χ3v) is 8.08. The lowest BCUT2D eigenvalue weighted by Crippen LogP contribution is -2.17. The molecule has 0 atom stereocenters. The lowest BCUT2D eigenvalue weighted by molar-refractivity contribution is 0.474. The van der Waals surface area contributed by atoms with E-state index in [4.69, 9.17) is 4.18 Å². The van der Waals surface area contributed by atoms with Crippen molar-refractivity contribution < 1.29 is 12.6 Å². The van der Waals surface area contributed by atoms with Crippen molar-refractivity contribution in [2.45, 2.75) is 64.2 Å². The molecule has 0 amide bonds. The quantitative estimate of drug-likeness (QED) is 0.191. The lowest BCUT2D eigenvalue weighted by atomic mass is 9.80. The highest BCUT2D eigenvalue weighted by atomic mass is 32.2. The second-order valence-electron chi connectivity index (χ2n) is 11.7. The van der Waals surface area contributed by atoms with Crippen molar-refractivity contribution in [2.24, 2.45) is 0 Å². The van der Waals surface area contributed by atoms with Crippen LogP contribution in [0.1, 0.15) is 58.2 Å². The highest BCUT2D eigenvalue weighted by Gasteiger charge is 2.28. The Bertz CT molecular complexity index is 1660. The first kappa shape index (κ1) is 23.6. The molecule has 0 bridgehead atoms. The average Bonchev–Trinajstić information content (AvgIpc) is 2.76. The minimum atomic E-state index is -4.01. The number of benzene rings is 5. The summed E-state index contributed by atoms with van der Waals surface area (Å²) in [5.41, 5.74) is 2.85. The molecule has 0 fully saturated rings. The van der Waals surface area contributed by atoms with E-state index in [2.05, 4.69) is 77.9 Å². The molecule has 0 heterocycles. The van der Waals surface area contributed by atoms with Crippen LogP contribution in [0.15, 0.2) is 71.6 Å². The summed E-state index contributed by atoms with van der Waals surface area (Å²) in [6.07, 6.45) is 0. The van der Waals surface area contributed by atoms with Gasteiger partial charge in [-0.2, -0.15) is 8.42 Å². The van der Waals surface area contributed by atoms with E-state index in [1.54, 1.807) is 24.3 Å². The molecular weight excluding hydrogens is 452 g/mol. The van der Waals surface area contributed by atoms with Gasteiger partial charge >= 0.3 is 10.1 Å². The fraction of sp³-hybridized carbons (Fsp3) is 0.290. The van der Waals surface area contributed by atoms with E-state index >= 15 is 0 Å². The van der Waals surface area contributed by atoms with E-state index in [1.807, 2.05) is 13.0 Å². The summed E-state index contributed by atoms with van der Waals surface area (Å²) in [5.74, 6) is 0.417. The Balaban J connectivity index is 1.83. The molecule has 0 saturated carbocycles. The molecule has 0 saturated heterocycles. The molecule has 0 aliphatic heterocycles. The van der Waals surface area contributed by atoms with Gasteiger partial charge in [-0.3, -0.25) is 0 Å². The van der Waals surface area contributed by atoms with Crippen LogP contribution in [-0.4, -0.2) is 8.42 Å². The summed E-state index contributed by atoms with van der Waals surface area (Å²) in [7, 11) is -4.01. The minimum absolute atomic E-state index is 0.0280. The highest BCUT2D eigenvalue weighted by molar-refractivity contribution is 7.87. The maximum Gasteiger partial charge on any atom is 0.339 e. The van der Waals surface area contributed by atoms with E-state index in [9.17, 15) is 8.42 Å². The fourth-order valence-electron chi connectivity index (χ4n) is 4.81. The van der Waals surface area contributed by atoms with Gasteiger partial charge < -0.3 is 4.18 Å². The predicted molar refractivity (Wildman–Crippen MR) is 147 cm³/mol. The molecule has 0 aliphatic rings. The summed E-state index contributed by atoms with van der Waals surface area (Å²) in [4.78, 5) is 0.156. The monoisotopic (exact) mass is 484 g/mol. The zero-order valence-electron chi connectivity index (χ0n) is 21.5. The lowest BCUT2D eigenvalue weighted by Gasteiger charge is -2.26. The zero-order chi connectivity index (χ0) is 25.3. The summed E-state index contributed by atoms with van der Waals surface area (Å²) in [6, 6.07) is 21.8. The number of hydrogen-bond acceptors (Lipinski definition) is 3. The van der Waals surface area contributed by atoms with Gasteiger partial charge in [-0.1, -0.05) is 89.6 Å². The largest absolute Gasteiger partial charge is 0.378 e. The van der Waals surface area contributed by atoms with Crippen LogP contribution in [0.4, 0.5) is 0 Å². The molecule has 5 aromatic rings. The third-order valence-electron chi connectivity index (χ3n) is 6.85. The summed E-state index contributed by atoms with van der Waals surface area (Å²) < 4.78 is 32.8. The SMILES string of the molecule is Cc1ccc(S(=O)(=O)Oc2c(C(C)(C)C)cc3ccc4cc(C(C)(C)C)cc5ccc2c3c45)cc1. The van der Waals surface area contributed by atoms with E-state index in [1.165, 1.54) is 5.56 Å². The van der Waals surface area contributed by atoms with Crippen LogP contribution in [0, 0.1) is 6.92 Å². The van der Waals surface area contributed by atoms with E-state index < -0.39 is 10.1 Å². The van der Waals surface area contributed by atoms with Gasteiger partial charge in [0.05, 0.1) is 0 Å². The first-order chi connectivity index (χ1) is 16.3. The molecule has 4 heteroatoms. The smallest absolute Gasteiger partial charge is 0.339 e. The first-order valence-corrected chi connectivity index (χ1v) is 13.4. The van der Waals surface area contributed by atoms with Crippen molar-refractivity contribution in [3.63, 3.8) is 0 Å². The molecule has 0 aliphatic carbocycles. The second-order valence-corrected chi connectivity index (χ2v) is 13.2. The van der Waals surface area contributed by atoms with Crippen molar-refractivity contribution in [2.75, 3.05) is 0 Å². The normalized spacial score (nSPS) is 13.2. The van der Waals surface area contributed by atoms with Gasteiger partial charge in [-0.05, 0) is 69.1 Å². The topological polar surface area (TPSA) is 43.4 Å². The molecule has 0 N–H and O–H groups in total. The maximum atomic E-state index is 13.4. The van der Waals surface area contributed by atoms with Gasteiger partial charge in [0.1, 0.15) is 4.90 Å². The summed E-state index contributed by atoms with van der Waals surface area (Å²) >= 11 is 0. The van der Waals surface area contributed by atoms with Crippen molar-refractivity contribution in [1.82, 2.24) is 0 Å². The van der Waals surface area contributed by atoms with Crippen molar-refractivity contribution in [3.8, 4) is 5.75 Å². The van der Waals surface area contributed by atoms with Gasteiger partial charge in [0.15, 0.2) is 5.75 Å². The summed E-state index contributed by atoms with van der Waals surface area (Å²) in [6.45, 7) is 14.8. The van der Waals surface area contributed by atoms with E-state index in [0.717, 1.165) is 43.4 Å². The Morgan fingerprint density at radius 1 is 0.657 bits per heavy atom. The zero-order valence-corrected chi connectivity index (χ0v) is 22.3. The Kier molecular flexibility index (Phi) is 5.19.